The second kappa shape index (κ2) is 6.47. The zero-order chi connectivity index (χ0) is 15.2. The summed E-state index contributed by atoms with van der Waals surface area (Å²) in [5.41, 5.74) is 5.65. The molecule has 0 saturated carbocycles. The second-order valence-corrected chi connectivity index (χ2v) is 4.20. The van der Waals surface area contributed by atoms with E-state index in [1.165, 1.54) is 30.5 Å². The van der Waals surface area contributed by atoms with Crippen molar-refractivity contribution < 1.29 is 14.0 Å². The van der Waals surface area contributed by atoms with Crippen LogP contribution in [0.2, 0.25) is 0 Å². The molecule has 0 aliphatic heterocycles. The molecule has 2 rings (SSSR count). The molecule has 2 aromatic rings. The maximum Gasteiger partial charge on any atom is 0.321 e. The fraction of sp³-hybridized carbons (Fsp3) is 0.0714. The van der Waals surface area contributed by atoms with Crippen molar-refractivity contribution in [2.45, 2.75) is 6.04 Å². The van der Waals surface area contributed by atoms with Crippen LogP contribution in [-0.2, 0) is 4.79 Å². The Kier molecular flexibility index (Phi) is 4.45. The number of nitrogens with one attached hydrogen (secondary N) is 2. The van der Waals surface area contributed by atoms with Crippen molar-refractivity contribution in [2.75, 3.05) is 5.32 Å². The van der Waals surface area contributed by atoms with Gasteiger partial charge in [0.15, 0.2) is 0 Å². The number of amides is 3. The van der Waals surface area contributed by atoms with E-state index in [1.54, 1.807) is 18.2 Å². The van der Waals surface area contributed by atoms with Crippen LogP contribution in [0.25, 0.3) is 0 Å². The maximum atomic E-state index is 12.9. The fourth-order valence-corrected chi connectivity index (χ4v) is 1.69. The number of anilines is 1. The lowest BCUT2D eigenvalue weighted by atomic mass is 10.1. The Hall–Kier alpha value is -2.96. The average molecular weight is 288 g/mol. The lowest BCUT2D eigenvalue weighted by molar-refractivity contribution is -0.119. The third kappa shape index (κ3) is 4.00. The van der Waals surface area contributed by atoms with E-state index < -0.39 is 23.8 Å². The minimum absolute atomic E-state index is 0.331. The molecule has 1 heterocycles. The van der Waals surface area contributed by atoms with E-state index >= 15 is 0 Å². The van der Waals surface area contributed by atoms with E-state index in [4.69, 9.17) is 5.73 Å². The number of rotatable bonds is 4. The molecule has 0 unspecified atom stereocenters. The molecule has 0 fully saturated rings. The summed E-state index contributed by atoms with van der Waals surface area (Å²) in [6, 6.07) is 8.43. The molecule has 0 bridgehead atoms. The van der Waals surface area contributed by atoms with E-state index in [0.29, 0.717) is 11.4 Å². The third-order valence-corrected chi connectivity index (χ3v) is 2.67. The second-order valence-electron chi connectivity index (χ2n) is 4.20. The van der Waals surface area contributed by atoms with Gasteiger partial charge in [-0.25, -0.2) is 14.2 Å². The molecule has 7 heteroatoms. The molecule has 21 heavy (non-hydrogen) atoms. The molecular formula is C14H13FN4O2. The lowest BCUT2D eigenvalue weighted by Crippen LogP contribution is -2.39. The fourth-order valence-electron chi connectivity index (χ4n) is 1.69. The molecule has 1 atom stereocenters. The minimum Gasteiger partial charge on any atom is -0.368 e. The number of halogens is 1. The van der Waals surface area contributed by atoms with E-state index in [0.717, 1.165) is 0 Å². The van der Waals surface area contributed by atoms with Crippen molar-refractivity contribution in [2.24, 2.45) is 5.73 Å². The Bertz CT molecular complexity index is 631. The molecule has 3 amide bonds. The van der Waals surface area contributed by atoms with E-state index in [-0.39, 0.29) is 0 Å². The first-order valence-electron chi connectivity index (χ1n) is 6.09. The number of benzene rings is 1. The highest BCUT2D eigenvalue weighted by atomic mass is 19.1. The summed E-state index contributed by atoms with van der Waals surface area (Å²) < 4.78 is 12.9. The predicted octanol–water partition coefficient (Wildman–Crippen LogP) is 1.57. The summed E-state index contributed by atoms with van der Waals surface area (Å²) in [6.45, 7) is 0. The molecular weight excluding hydrogens is 275 g/mol. The number of carbonyl (C=O) groups is 2. The number of nitrogens with zero attached hydrogens (tertiary/aromatic N) is 1. The normalized spacial score (nSPS) is 11.5. The number of carbonyl (C=O) groups excluding carboxylic acids is 2. The van der Waals surface area contributed by atoms with Crippen LogP contribution < -0.4 is 16.4 Å². The number of hydrogen-bond donors (Lipinski definition) is 3. The maximum absolute atomic E-state index is 12.9. The smallest absolute Gasteiger partial charge is 0.321 e. The summed E-state index contributed by atoms with van der Waals surface area (Å²) in [6.07, 6.45) is 1.52. The third-order valence-electron chi connectivity index (χ3n) is 2.67. The molecule has 1 aromatic heterocycles. The first-order chi connectivity index (χ1) is 10.1. The van der Waals surface area contributed by atoms with Gasteiger partial charge in [-0.1, -0.05) is 18.2 Å². The van der Waals surface area contributed by atoms with Crippen molar-refractivity contribution in [1.82, 2.24) is 10.3 Å². The largest absolute Gasteiger partial charge is 0.368 e. The average Bonchev–Trinajstić information content (AvgIpc) is 2.47. The number of hydrogen-bond acceptors (Lipinski definition) is 3. The first kappa shape index (κ1) is 14.4. The van der Waals surface area contributed by atoms with Crippen molar-refractivity contribution in [3.05, 3.63) is 60.0 Å². The van der Waals surface area contributed by atoms with Crippen LogP contribution in [0.5, 0.6) is 0 Å². The number of aromatic nitrogens is 1. The topological polar surface area (TPSA) is 97.1 Å². The highest BCUT2D eigenvalue weighted by Crippen LogP contribution is 2.13. The first-order valence-corrected chi connectivity index (χ1v) is 6.09. The highest BCUT2D eigenvalue weighted by molar-refractivity contribution is 5.93. The van der Waals surface area contributed by atoms with Crippen LogP contribution in [0.3, 0.4) is 0 Å². The van der Waals surface area contributed by atoms with Crippen LogP contribution >= 0.6 is 0 Å². The van der Waals surface area contributed by atoms with Gasteiger partial charge >= 0.3 is 6.03 Å². The SMILES string of the molecule is NC(=O)[C@H](NC(=O)Nc1ccccn1)c1ccc(F)cc1. The van der Waals surface area contributed by atoms with Crippen molar-refractivity contribution >= 4 is 17.8 Å². The van der Waals surface area contributed by atoms with Gasteiger partial charge in [0.25, 0.3) is 0 Å². The van der Waals surface area contributed by atoms with E-state index in [1.807, 2.05) is 0 Å². The molecule has 0 aliphatic carbocycles. The van der Waals surface area contributed by atoms with Gasteiger partial charge in [-0.2, -0.15) is 0 Å². The number of urea groups is 1. The monoisotopic (exact) mass is 288 g/mol. The minimum atomic E-state index is -1.06. The molecule has 0 spiro atoms. The van der Waals surface area contributed by atoms with Crippen molar-refractivity contribution in [1.29, 1.82) is 0 Å². The quantitative estimate of drug-likeness (QED) is 0.796. The zero-order valence-corrected chi connectivity index (χ0v) is 10.9. The molecule has 108 valence electrons. The number of primary amides is 1. The van der Waals surface area contributed by atoms with Gasteiger partial charge in [-0.3, -0.25) is 10.1 Å². The Labute approximate surface area is 120 Å². The van der Waals surface area contributed by atoms with Gasteiger partial charge in [0, 0.05) is 6.20 Å². The summed E-state index contributed by atoms with van der Waals surface area (Å²) in [7, 11) is 0. The lowest BCUT2D eigenvalue weighted by Gasteiger charge is -2.16. The summed E-state index contributed by atoms with van der Waals surface area (Å²) >= 11 is 0. The van der Waals surface area contributed by atoms with Gasteiger partial charge in [0.1, 0.15) is 17.7 Å². The molecule has 0 saturated heterocycles. The van der Waals surface area contributed by atoms with Gasteiger partial charge in [-0.05, 0) is 29.8 Å². The van der Waals surface area contributed by atoms with Crippen LogP contribution in [0, 0.1) is 5.82 Å². The van der Waals surface area contributed by atoms with E-state index in [2.05, 4.69) is 15.6 Å². The van der Waals surface area contributed by atoms with Gasteiger partial charge in [0.05, 0.1) is 0 Å². The molecule has 1 aromatic carbocycles. The van der Waals surface area contributed by atoms with Crippen LogP contribution in [0.4, 0.5) is 15.0 Å². The Morgan fingerprint density at radius 2 is 1.86 bits per heavy atom. The van der Waals surface area contributed by atoms with E-state index in [9.17, 15) is 14.0 Å². The van der Waals surface area contributed by atoms with Gasteiger partial charge < -0.3 is 11.1 Å². The molecule has 4 N–H and O–H groups in total. The standard InChI is InChI=1S/C14H13FN4O2/c15-10-6-4-9(5-7-10)12(13(16)20)19-14(21)18-11-3-1-2-8-17-11/h1-8,12H,(H2,16,20)(H2,17,18,19,21)/t12-/m1/s1. The summed E-state index contributed by atoms with van der Waals surface area (Å²) in [5.74, 6) is -0.866. The van der Waals surface area contributed by atoms with Crippen molar-refractivity contribution in [3.8, 4) is 0 Å². The highest BCUT2D eigenvalue weighted by Gasteiger charge is 2.20. The van der Waals surface area contributed by atoms with Crippen LogP contribution in [-0.4, -0.2) is 16.9 Å². The number of nitrogens with two attached hydrogens (primary N) is 1. The Morgan fingerprint density at radius 1 is 1.14 bits per heavy atom. The van der Waals surface area contributed by atoms with Crippen molar-refractivity contribution in [3.63, 3.8) is 0 Å². The van der Waals surface area contributed by atoms with Gasteiger partial charge in [0.2, 0.25) is 5.91 Å². The van der Waals surface area contributed by atoms with Crippen LogP contribution in [0.15, 0.2) is 48.7 Å². The predicted molar refractivity (Wildman–Crippen MR) is 74.7 cm³/mol. The summed E-state index contributed by atoms with van der Waals surface area (Å²) in [4.78, 5) is 27.2. The molecule has 6 nitrogen and oxygen atoms in total. The molecule has 0 radical (unpaired) electrons. The van der Waals surface area contributed by atoms with Gasteiger partial charge in [-0.15, -0.1) is 0 Å². The van der Waals surface area contributed by atoms with Crippen LogP contribution in [0.1, 0.15) is 11.6 Å². The zero-order valence-electron chi connectivity index (χ0n) is 10.9. The number of pyridine rings is 1. The molecule has 0 aliphatic rings. The Morgan fingerprint density at radius 3 is 2.43 bits per heavy atom. The Balaban J connectivity index is 2.08. The summed E-state index contributed by atoms with van der Waals surface area (Å²) in [5, 5.41) is 4.88.